The van der Waals surface area contributed by atoms with Crippen LogP contribution in [0.3, 0.4) is 0 Å². The van der Waals surface area contributed by atoms with E-state index in [0.29, 0.717) is 11.3 Å². The van der Waals surface area contributed by atoms with Crippen LogP contribution in [0.1, 0.15) is 56.0 Å². The zero-order valence-corrected chi connectivity index (χ0v) is 28.3. The summed E-state index contributed by atoms with van der Waals surface area (Å²) in [6.45, 7) is 6.14. The average molecular weight is 685 g/mol. The van der Waals surface area contributed by atoms with E-state index in [1.165, 1.54) is 17.9 Å². The highest BCUT2D eigenvalue weighted by Crippen LogP contribution is 2.27. The van der Waals surface area contributed by atoms with Crippen LogP contribution in [0.15, 0.2) is 101 Å². The number of rotatable bonds is 15. The summed E-state index contributed by atoms with van der Waals surface area (Å²) < 4.78 is 16.4. The second-order valence-electron chi connectivity index (χ2n) is 11.9. The number of furan rings is 1. The predicted octanol–water partition coefficient (Wildman–Crippen LogP) is 6.06. The zero-order chi connectivity index (χ0) is 36.4. The van der Waals surface area contributed by atoms with Gasteiger partial charge in [0.25, 0.3) is 11.8 Å². The Balaban J connectivity index is 1.74. The minimum absolute atomic E-state index is 0.00935. The highest BCUT2D eigenvalue weighted by Gasteiger charge is 2.37. The van der Waals surface area contributed by atoms with E-state index < -0.39 is 65.5 Å². The molecule has 0 fully saturated rings. The van der Waals surface area contributed by atoms with Gasteiger partial charge in [0, 0.05) is 24.7 Å². The molecule has 2 unspecified atom stereocenters. The maximum Gasteiger partial charge on any atom is 0.338 e. The van der Waals surface area contributed by atoms with Gasteiger partial charge in [0.2, 0.25) is 0 Å². The van der Waals surface area contributed by atoms with Crippen molar-refractivity contribution in [1.82, 2.24) is 4.90 Å². The predicted molar refractivity (Wildman–Crippen MR) is 184 cm³/mol. The molecule has 2 atom stereocenters. The fourth-order valence-corrected chi connectivity index (χ4v) is 5.35. The van der Waals surface area contributed by atoms with Gasteiger partial charge in [-0.05, 0) is 74.4 Å². The van der Waals surface area contributed by atoms with Crippen molar-refractivity contribution >= 4 is 46.2 Å². The number of amides is 2. The van der Waals surface area contributed by atoms with Crippen molar-refractivity contribution in [3.8, 4) is 0 Å². The Morgan fingerprint density at radius 2 is 1.54 bits per heavy atom. The zero-order valence-electron chi connectivity index (χ0n) is 28.3. The van der Waals surface area contributed by atoms with Crippen LogP contribution in [0.5, 0.6) is 0 Å². The number of aliphatic hydroxyl groups is 1. The molecule has 12 heteroatoms. The molecular formula is C38H40N2O10. The van der Waals surface area contributed by atoms with Crippen molar-refractivity contribution in [3.05, 3.63) is 113 Å². The highest BCUT2D eigenvalue weighted by molar-refractivity contribution is 6.04. The van der Waals surface area contributed by atoms with Crippen molar-refractivity contribution in [3.63, 3.8) is 0 Å². The van der Waals surface area contributed by atoms with E-state index in [4.69, 9.17) is 13.9 Å². The summed E-state index contributed by atoms with van der Waals surface area (Å²) in [7, 11) is 0. The van der Waals surface area contributed by atoms with Gasteiger partial charge in [0.15, 0.2) is 11.5 Å². The number of aliphatic hydroxyl groups excluding tert-OH is 1. The summed E-state index contributed by atoms with van der Waals surface area (Å²) in [4.78, 5) is 66.2. The lowest BCUT2D eigenvalue weighted by atomic mass is 9.93. The topological polar surface area (TPSA) is 173 Å². The van der Waals surface area contributed by atoms with Crippen LogP contribution in [0, 0.1) is 5.92 Å². The first-order chi connectivity index (χ1) is 23.9. The number of ether oxygens (including phenoxy) is 2. The first-order valence-electron chi connectivity index (χ1n) is 16.1. The minimum Gasteiger partial charge on any atom is -0.503 e. The number of esters is 2. The SMILES string of the molecule is CCOC(=O)C(CC(=O)O)=C(O)C(=O)N(Cc1ccc2ccccc2c1)C(C)C(Cc1ccc(C(=O)Nc2ccccc2)o1)C(=O)OC(C)C. The number of fused-ring (bicyclic) bond motifs is 1. The van der Waals surface area contributed by atoms with Gasteiger partial charge >= 0.3 is 17.9 Å². The van der Waals surface area contributed by atoms with Crippen molar-refractivity contribution in [2.24, 2.45) is 5.92 Å². The van der Waals surface area contributed by atoms with Gasteiger partial charge < -0.3 is 34.3 Å². The standard InChI is InChI=1S/C38H40N2O10/c1-5-48-37(46)31(21-33(41)42)34(43)36(45)40(22-25-15-16-26-11-9-10-12-27(26)19-25)24(4)30(38(47)49-23(2)3)20-29-17-18-32(50-29)35(44)39-28-13-7-6-8-14-28/h6-19,23-24,30,43H,5,20-22H2,1-4H3,(H,39,44)(H,41,42). The summed E-state index contributed by atoms with van der Waals surface area (Å²) >= 11 is 0. The van der Waals surface area contributed by atoms with E-state index in [1.54, 1.807) is 57.2 Å². The molecule has 1 heterocycles. The molecule has 3 N–H and O–H groups in total. The number of anilines is 1. The Morgan fingerprint density at radius 3 is 2.20 bits per heavy atom. The number of aliphatic carboxylic acids is 1. The molecule has 2 amide bonds. The summed E-state index contributed by atoms with van der Waals surface area (Å²) in [5.41, 5.74) is 0.450. The van der Waals surface area contributed by atoms with Crippen LogP contribution in [-0.4, -0.2) is 63.6 Å². The summed E-state index contributed by atoms with van der Waals surface area (Å²) in [6.07, 6.45) is -1.62. The lowest BCUT2D eigenvalue weighted by Crippen LogP contribution is -2.47. The Hall–Kier alpha value is -5.91. The molecule has 0 spiro atoms. The molecule has 0 aliphatic rings. The normalized spacial score (nSPS) is 12.8. The fourth-order valence-electron chi connectivity index (χ4n) is 5.35. The molecule has 0 saturated heterocycles. The lowest BCUT2D eigenvalue weighted by molar-refractivity contribution is -0.156. The van der Waals surface area contributed by atoms with Crippen molar-refractivity contribution in [2.45, 2.75) is 59.2 Å². The highest BCUT2D eigenvalue weighted by atomic mass is 16.5. The summed E-state index contributed by atoms with van der Waals surface area (Å²) in [5, 5.41) is 25.2. The Kier molecular flexibility index (Phi) is 12.5. The van der Waals surface area contributed by atoms with Gasteiger partial charge in [-0.3, -0.25) is 19.2 Å². The third kappa shape index (κ3) is 9.59. The Labute approximate surface area is 289 Å². The number of carbonyl (C=O) groups is 5. The second-order valence-corrected chi connectivity index (χ2v) is 11.9. The van der Waals surface area contributed by atoms with E-state index in [1.807, 2.05) is 42.5 Å². The molecule has 0 bridgehead atoms. The van der Waals surface area contributed by atoms with Gasteiger partial charge in [-0.25, -0.2) is 4.79 Å². The molecule has 1 aromatic heterocycles. The number of nitrogens with zero attached hydrogens (tertiary/aromatic N) is 1. The number of carboxylic acid groups (broad SMARTS) is 1. The van der Waals surface area contributed by atoms with E-state index >= 15 is 0 Å². The largest absolute Gasteiger partial charge is 0.503 e. The van der Waals surface area contributed by atoms with E-state index in [0.717, 1.165) is 10.8 Å². The molecular weight excluding hydrogens is 644 g/mol. The fraction of sp³-hybridized carbons (Fsp3) is 0.289. The number of hydrogen-bond donors (Lipinski definition) is 3. The number of nitrogens with one attached hydrogen (secondary N) is 1. The molecule has 0 aliphatic heterocycles. The van der Waals surface area contributed by atoms with Crippen molar-refractivity contribution < 1.29 is 48.1 Å². The monoisotopic (exact) mass is 684 g/mol. The molecule has 0 radical (unpaired) electrons. The van der Waals surface area contributed by atoms with Gasteiger partial charge in [-0.15, -0.1) is 0 Å². The smallest absolute Gasteiger partial charge is 0.338 e. The molecule has 4 aromatic rings. The minimum atomic E-state index is -1.47. The molecule has 0 saturated carbocycles. The summed E-state index contributed by atoms with van der Waals surface area (Å²) in [6, 6.07) is 23.8. The summed E-state index contributed by atoms with van der Waals surface area (Å²) in [5.74, 6) is -6.90. The molecule has 50 heavy (non-hydrogen) atoms. The van der Waals surface area contributed by atoms with Crippen molar-refractivity contribution in [2.75, 3.05) is 11.9 Å². The second kappa shape index (κ2) is 17.0. The maximum absolute atomic E-state index is 14.1. The molecule has 12 nitrogen and oxygen atoms in total. The third-order valence-electron chi connectivity index (χ3n) is 7.83. The number of hydrogen-bond acceptors (Lipinski definition) is 9. The van der Waals surface area contributed by atoms with Crippen molar-refractivity contribution in [1.29, 1.82) is 0 Å². The average Bonchev–Trinajstić information content (AvgIpc) is 3.56. The van der Waals surface area contributed by atoms with Gasteiger partial charge in [0.1, 0.15) is 5.76 Å². The van der Waals surface area contributed by atoms with Gasteiger partial charge in [-0.2, -0.15) is 0 Å². The number of carbonyl (C=O) groups excluding carboxylic acids is 4. The molecule has 3 aromatic carbocycles. The van der Waals surface area contributed by atoms with Crippen LogP contribution in [0.2, 0.25) is 0 Å². The number of para-hydroxylation sites is 1. The number of benzene rings is 3. The maximum atomic E-state index is 14.1. The first kappa shape index (κ1) is 36.9. The third-order valence-corrected chi connectivity index (χ3v) is 7.83. The number of carboxylic acids is 1. The van der Waals surface area contributed by atoms with E-state index in [2.05, 4.69) is 5.32 Å². The van der Waals surface area contributed by atoms with Gasteiger partial charge in [0.05, 0.1) is 30.6 Å². The van der Waals surface area contributed by atoms with Gasteiger partial charge in [-0.1, -0.05) is 54.6 Å². The first-order valence-corrected chi connectivity index (χ1v) is 16.1. The molecule has 4 rings (SSSR count). The Bertz CT molecular complexity index is 1880. The van der Waals surface area contributed by atoms with Crippen LogP contribution in [-0.2, 0) is 41.6 Å². The van der Waals surface area contributed by atoms with Crippen LogP contribution in [0.25, 0.3) is 10.8 Å². The van der Waals surface area contributed by atoms with E-state index in [-0.39, 0.29) is 31.1 Å². The van der Waals surface area contributed by atoms with Crippen LogP contribution in [0.4, 0.5) is 5.69 Å². The molecule has 0 aliphatic carbocycles. The Morgan fingerprint density at radius 1 is 0.860 bits per heavy atom. The van der Waals surface area contributed by atoms with E-state index in [9.17, 15) is 34.2 Å². The molecule has 262 valence electrons. The lowest BCUT2D eigenvalue weighted by Gasteiger charge is -2.34. The quantitative estimate of drug-likeness (QED) is 0.0759. The van der Waals surface area contributed by atoms with Crippen LogP contribution < -0.4 is 5.32 Å². The van der Waals surface area contributed by atoms with Crippen LogP contribution >= 0.6 is 0 Å².